The zero-order chi connectivity index (χ0) is 32.7. The molecule has 2 aromatic carbocycles. The fraction of sp³-hybridized carbons (Fsp3) is 0.346. The van der Waals surface area contributed by atoms with Crippen molar-refractivity contribution in [1.29, 1.82) is 0 Å². The molecule has 0 bridgehead atoms. The summed E-state index contributed by atoms with van der Waals surface area (Å²) < 4.78 is 78.0. The number of nitrogens with one attached hydrogen (secondary N) is 1. The number of hydrazine groups is 1. The normalized spacial score (nSPS) is 12.1. The molecular weight excluding hydrogens is 613 g/mol. The van der Waals surface area contributed by atoms with Gasteiger partial charge in [0.15, 0.2) is 5.69 Å². The molecule has 3 rings (SSSR count). The second-order valence-corrected chi connectivity index (χ2v) is 11.2. The standard InChI is InChI=1S/C26H29F3N6O8S/c1-17(2)43-25(37)41-16-42-32-35(38)33(4)14-13-24(36)31-44(39,40)21-11-9-20(10-12-21)34-22(15-23(30-34)26(27,28)29)19-7-5-18(3)6-8-19/h5-12,15,17H,13-14,16H2,1-4H3,(H,31,36)/b35-32-. The van der Waals surface area contributed by atoms with Crippen molar-refractivity contribution in [3.05, 3.63) is 71.1 Å². The number of aromatic nitrogens is 2. The SMILES string of the molecule is Cc1ccc(-c2cc(C(F)(F)F)nn2-c2ccc(S(=O)(=O)NC(=O)CCN(C)/[N+]([O-])=N/OCOC(=O)OC(C)C)cc2)cc1. The lowest BCUT2D eigenvalue weighted by Gasteiger charge is -2.13. The lowest BCUT2D eigenvalue weighted by Crippen LogP contribution is -2.35. The molecule has 0 unspecified atom stereocenters. The zero-order valence-corrected chi connectivity index (χ0v) is 24.8. The van der Waals surface area contributed by atoms with Crippen LogP contribution in [-0.4, -0.2) is 66.7 Å². The number of hydrogen-bond acceptors (Lipinski definition) is 10. The van der Waals surface area contributed by atoms with E-state index in [4.69, 9.17) is 0 Å². The van der Waals surface area contributed by atoms with Crippen LogP contribution in [-0.2, 0) is 35.3 Å². The van der Waals surface area contributed by atoms with Gasteiger partial charge in [0, 0.05) is 5.56 Å². The molecule has 1 aromatic heterocycles. The Morgan fingerprint density at radius 1 is 1.14 bits per heavy atom. The van der Waals surface area contributed by atoms with E-state index in [1.807, 2.05) is 11.6 Å². The average molecular weight is 643 g/mol. The molecule has 0 radical (unpaired) electrons. The highest BCUT2D eigenvalue weighted by atomic mass is 32.2. The van der Waals surface area contributed by atoms with E-state index in [0.717, 1.165) is 33.5 Å². The molecule has 1 N–H and O–H groups in total. The van der Waals surface area contributed by atoms with Gasteiger partial charge in [-0.05, 0) is 51.1 Å². The van der Waals surface area contributed by atoms with Gasteiger partial charge in [-0.2, -0.15) is 18.3 Å². The second kappa shape index (κ2) is 14.1. The van der Waals surface area contributed by atoms with Gasteiger partial charge in [0.25, 0.3) is 16.8 Å². The predicted octanol–water partition coefficient (Wildman–Crippen LogP) is 4.32. The number of alkyl halides is 3. The van der Waals surface area contributed by atoms with E-state index in [2.05, 4.69) is 24.7 Å². The number of aryl methyl sites for hydroxylation is 1. The van der Waals surface area contributed by atoms with Crippen LogP contribution in [0.15, 0.2) is 64.8 Å². The average Bonchev–Trinajstić information content (AvgIpc) is 3.40. The van der Waals surface area contributed by atoms with E-state index in [1.54, 1.807) is 38.1 Å². The molecule has 0 saturated carbocycles. The Bertz CT molecular complexity index is 1590. The van der Waals surface area contributed by atoms with E-state index in [1.165, 1.54) is 19.2 Å². The van der Waals surface area contributed by atoms with Crippen molar-refractivity contribution in [3.8, 4) is 16.9 Å². The molecule has 0 aliphatic rings. The number of benzene rings is 2. The topological polar surface area (TPSA) is 167 Å². The molecule has 0 spiro atoms. The number of ether oxygens (including phenoxy) is 2. The van der Waals surface area contributed by atoms with Gasteiger partial charge in [-0.1, -0.05) is 29.8 Å². The lowest BCUT2D eigenvalue weighted by atomic mass is 10.1. The van der Waals surface area contributed by atoms with Crippen molar-refractivity contribution in [1.82, 2.24) is 19.5 Å². The molecule has 1 heterocycles. The first kappa shape index (κ1) is 33.6. The van der Waals surface area contributed by atoms with E-state index in [9.17, 15) is 36.4 Å². The molecule has 44 heavy (non-hydrogen) atoms. The maximum absolute atomic E-state index is 13.5. The Morgan fingerprint density at radius 3 is 2.36 bits per heavy atom. The van der Waals surface area contributed by atoms with Crippen LogP contribution in [0.25, 0.3) is 16.9 Å². The van der Waals surface area contributed by atoms with Gasteiger partial charge in [-0.3, -0.25) is 4.79 Å². The molecule has 0 fully saturated rings. The van der Waals surface area contributed by atoms with Crippen LogP contribution >= 0.6 is 0 Å². The van der Waals surface area contributed by atoms with Crippen LogP contribution in [0.5, 0.6) is 0 Å². The van der Waals surface area contributed by atoms with Crippen molar-refractivity contribution in [2.24, 2.45) is 5.28 Å². The van der Waals surface area contributed by atoms with Gasteiger partial charge in [0.05, 0.1) is 47.4 Å². The Balaban J connectivity index is 1.63. The van der Waals surface area contributed by atoms with Gasteiger partial charge in [-0.25, -0.2) is 22.6 Å². The van der Waals surface area contributed by atoms with Gasteiger partial charge < -0.3 is 19.5 Å². The van der Waals surface area contributed by atoms with Crippen molar-refractivity contribution in [3.63, 3.8) is 0 Å². The van der Waals surface area contributed by atoms with Crippen molar-refractivity contribution in [2.75, 3.05) is 20.4 Å². The van der Waals surface area contributed by atoms with Crippen LogP contribution < -0.4 is 4.72 Å². The number of halogens is 3. The third kappa shape index (κ3) is 9.32. The fourth-order valence-corrected chi connectivity index (χ4v) is 4.47. The molecule has 0 atom stereocenters. The first-order valence-electron chi connectivity index (χ1n) is 12.8. The van der Waals surface area contributed by atoms with Gasteiger partial charge >= 0.3 is 12.3 Å². The molecule has 14 nitrogen and oxygen atoms in total. The molecule has 0 aliphatic carbocycles. The predicted molar refractivity (Wildman–Crippen MR) is 146 cm³/mol. The third-order valence-electron chi connectivity index (χ3n) is 5.63. The summed E-state index contributed by atoms with van der Waals surface area (Å²) in [4.78, 5) is 27.6. The maximum atomic E-state index is 13.5. The minimum Gasteiger partial charge on any atom is -0.569 e. The van der Waals surface area contributed by atoms with Crippen LogP contribution in [0, 0.1) is 12.1 Å². The highest BCUT2D eigenvalue weighted by Crippen LogP contribution is 2.33. The van der Waals surface area contributed by atoms with E-state index < -0.39 is 53.3 Å². The first-order valence-corrected chi connectivity index (χ1v) is 14.3. The molecule has 238 valence electrons. The van der Waals surface area contributed by atoms with Gasteiger partial charge in [0.2, 0.25) is 11.2 Å². The summed E-state index contributed by atoms with van der Waals surface area (Å²) in [5.41, 5.74) is 0.518. The Hall–Kier alpha value is -4.87. The largest absolute Gasteiger partial charge is 0.569 e. The van der Waals surface area contributed by atoms with Crippen LogP contribution in [0.4, 0.5) is 18.0 Å². The van der Waals surface area contributed by atoms with Gasteiger partial charge in [0.1, 0.15) is 0 Å². The van der Waals surface area contributed by atoms with E-state index >= 15 is 0 Å². The summed E-state index contributed by atoms with van der Waals surface area (Å²) in [6.07, 6.45) is -6.62. The Kier molecular flexibility index (Phi) is 10.8. The molecular formula is C26H29F3N6O8S. The minimum atomic E-state index is -4.71. The highest BCUT2D eigenvalue weighted by molar-refractivity contribution is 7.90. The first-order chi connectivity index (χ1) is 20.6. The van der Waals surface area contributed by atoms with E-state index in [0.29, 0.717) is 5.56 Å². The number of carbonyl (C=O) groups is 2. The fourth-order valence-electron chi connectivity index (χ4n) is 3.46. The molecule has 1 amide bonds. The minimum absolute atomic E-state index is 0.0536. The van der Waals surface area contributed by atoms with Crippen molar-refractivity contribution < 1.29 is 50.5 Å². The lowest BCUT2D eigenvalue weighted by molar-refractivity contribution is -0.706. The number of hydrogen-bond donors (Lipinski definition) is 1. The number of carbonyl (C=O) groups excluding carboxylic acids is 2. The summed E-state index contributed by atoms with van der Waals surface area (Å²) >= 11 is 0. The van der Waals surface area contributed by atoms with Crippen LogP contribution in [0.2, 0.25) is 0 Å². The third-order valence-corrected chi connectivity index (χ3v) is 7.02. The Labute approximate surface area is 250 Å². The number of amides is 1. The monoisotopic (exact) mass is 642 g/mol. The molecule has 3 aromatic rings. The highest BCUT2D eigenvalue weighted by Gasteiger charge is 2.35. The molecule has 0 aliphatic heterocycles. The van der Waals surface area contributed by atoms with Crippen molar-refractivity contribution in [2.45, 2.75) is 44.4 Å². The maximum Gasteiger partial charge on any atom is 0.511 e. The quantitative estimate of drug-likeness (QED) is 0.0750. The van der Waals surface area contributed by atoms with Crippen LogP contribution in [0.3, 0.4) is 0 Å². The number of sulfonamides is 1. The number of nitrogens with zero attached hydrogens (tertiary/aromatic N) is 5. The summed E-state index contributed by atoms with van der Waals surface area (Å²) in [6.45, 7) is 4.03. The summed E-state index contributed by atoms with van der Waals surface area (Å²) in [7, 11) is -3.14. The molecule has 0 saturated heterocycles. The summed E-state index contributed by atoms with van der Waals surface area (Å²) in [5, 5.41) is 19.5. The second-order valence-electron chi connectivity index (χ2n) is 9.49. The van der Waals surface area contributed by atoms with Crippen LogP contribution in [0.1, 0.15) is 31.5 Å². The smallest absolute Gasteiger partial charge is 0.511 e. The zero-order valence-electron chi connectivity index (χ0n) is 23.9. The van der Waals surface area contributed by atoms with E-state index in [-0.39, 0.29) is 27.8 Å². The molecule has 18 heteroatoms. The summed E-state index contributed by atoms with van der Waals surface area (Å²) in [6, 6.07) is 12.4. The summed E-state index contributed by atoms with van der Waals surface area (Å²) in [5.74, 6) is -0.960. The van der Waals surface area contributed by atoms with Crippen molar-refractivity contribution >= 4 is 22.1 Å². The Morgan fingerprint density at radius 2 is 1.77 bits per heavy atom. The number of rotatable bonds is 12. The van der Waals surface area contributed by atoms with Gasteiger partial charge in [-0.15, -0.1) is 5.01 Å².